The highest BCUT2D eigenvalue weighted by atomic mass is 19.1. The first-order chi connectivity index (χ1) is 11.2. The molecule has 3 rings (SSSR count). The summed E-state index contributed by atoms with van der Waals surface area (Å²) in [5.74, 6) is 1.22. The molecule has 0 bridgehead atoms. The van der Waals surface area contributed by atoms with Gasteiger partial charge in [-0.15, -0.1) is 0 Å². The number of rotatable bonds is 4. The molecule has 1 unspecified atom stereocenters. The molecule has 1 fully saturated rings. The summed E-state index contributed by atoms with van der Waals surface area (Å²) in [7, 11) is 0. The third-order valence-electron chi connectivity index (χ3n) is 4.29. The van der Waals surface area contributed by atoms with E-state index in [9.17, 15) is 4.39 Å². The summed E-state index contributed by atoms with van der Waals surface area (Å²) in [6, 6.07) is 8.81. The topological polar surface area (TPSA) is 41.1 Å². The van der Waals surface area contributed by atoms with Crippen LogP contribution in [0.3, 0.4) is 0 Å². The van der Waals surface area contributed by atoms with Gasteiger partial charge in [0.25, 0.3) is 0 Å². The second-order valence-corrected chi connectivity index (χ2v) is 6.08. The smallest absolute Gasteiger partial charge is 0.227 e. The van der Waals surface area contributed by atoms with Crippen LogP contribution in [0, 0.1) is 12.7 Å². The van der Waals surface area contributed by atoms with Crippen LogP contribution < -0.4 is 10.2 Å². The van der Waals surface area contributed by atoms with Crippen molar-refractivity contribution in [3.63, 3.8) is 0 Å². The first-order valence-corrected chi connectivity index (χ1v) is 8.30. The molecular formula is C18H23FN4. The minimum atomic E-state index is -0.261. The summed E-state index contributed by atoms with van der Waals surface area (Å²) in [5.41, 5.74) is 1.61. The summed E-state index contributed by atoms with van der Waals surface area (Å²) in [4.78, 5) is 11.6. The third kappa shape index (κ3) is 3.78. The summed E-state index contributed by atoms with van der Waals surface area (Å²) in [6.45, 7) is 5.18. The third-order valence-corrected chi connectivity index (χ3v) is 4.29. The highest BCUT2D eigenvalue weighted by Crippen LogP contribution is 2.26. The normalized spacial score (nSPS) is 18.0. The van der Waals surface area contributed by atoms with Crippen LogP contribution in [0.1, 0.15) is 38.3 Å². The van der Waals surface area contributed by atoms with Gasteiger partial charge in [-0.3, -0.25) is 0 Å². The number of anilines is 3. The zero-order valence-corrected chi connectivity index (χ0v) is 13.7. The molecule has 2 aromatic rings. The van der Waals surface area contributed by atoms with E-state index < -0.39 is 0 Å². The van der Waals surface area contributed by atoms with Crippen molar-refractivity contribution in [2.24, 2.45) is 0 Å². The van der Waals surface area contributed by atoms with E-state index in [0.29, 0.717) is 17.5 Å². The van der Waals surface area contributed by atoms with Crippen molar-refractivity contribution in [2.45, 2.75) is 45.6 Å². The van der Waals surface area contributed by atoms with Gasteiger partial charge in [0.1, 0.15) is 11.6 Å². The van der Waals surface area contributed by atoms with E-state index >= 15 is 0 Å². The average Bonchev–Trinajstić information content (AvgIpc) is 2.54. The van der Waals surface area contributed by atoms with Gasteiger partial charge in [0.05, 0.1) is 0 Å². The minimum Gasteiger partial charge on any atom is -0.340 e. The van der Waals surface area contributed by atoms with Gasteiger partial charge in [0.15, 0.2) is 0 Å². The van der Waals surface area contributed by atoms with E-state index in [0.717, 1.165) is 24.6 Å². The molecule has 1 aromatic carbocycles. The lowest BCUT2D eigenvalue weighted by Crippen LogP contribution is -2.40. The van der Waals surface area contributed by atoms with Gasteiger partial charge in [-0.2, -0.15) is 4.98 Å². The predicted octanol–water partition coefficient (Wildman–Crippen LogP) is 4.44. The van der Waals surface area contributed by atoms with Gasteiger partial charge < -0.3 is 10.2 Å². The quantitative estimate of drug-likeness (QED) is 0.906. The Balaban J connectivity index is 1.86. The highest BCUT2D eigenvalue weighted by Gasteiger charge is 2.23. The predicted molar refractivity (Wildman–Crippen MR) is 91.7 cm³/mol. The minimum absolute atomic E-state index is 0.261. The van der Waals surface area contributed by atoms with E-state index in [1.807, 2.05) is 19.1 Å². The molecular weight excluding hydrogens is 291 g/mol. The van der Waals surface area contributed by atoms with Gasteiger partial charge in [0.2, 0.25) is 5.95 Å². The van der Waals surface area contributed by atoms with E-state index in [4.69, 9.17) is 0 Å². The van der Waals surface area contributed by atoms with Gasteiger partial charge in [-0.25, -0.2) is 9.37 Å². The largest absolute Gasteiger partial charge is 0.340 e. The van der Waals surface area contributed by atoms with Crippen molar-refractivity contribution in [2.75, 3.05) is 16.8 Å². The van der Waals surface area contributed by atoms with Crippen LogP contribution in [0.5, 0.6) is 0 Å². The number of aromatic nitrogens is 2. The molecule has 4 nitrogen and oxygen atoms in total. The fourth-order valence-corrected chi connectivity index (χ4v) is 3.15. The zero-order chi connectivity index (χ0) is 16.2. The van der Waals surface area contributed by atoms with E-state index in [1.165, 1.54) is 31.4 Å². The van der Waals surface area contributed by atoms with Crippen LogP contribution in [-0.2, 0) is 0 Å². The van der Waals surface area contributed by atoms with E-state index in [2.05, 4.69) is 27.1 Å². The maximum Gasteiger partial charge on any atom is 0.227 e. The highest BCUT2D eigenvalue weighted by molar-refractivity contribution is 5.57. The standard InChI is InChI=1S/C18H23FN4/c1-3-16-9-4-5-10-23(16)18-20-13(2)11-17(22-18)21-15-8-6-7-14(19)12-15/h6-8,11-12,16H,3-5,9-10H2,1-2H3,(H,20,21,22). The Morgan fingerprint density at radius 2 is 2.13 bits per heavy atom. The second-order valence-electron chi connectivity index (χ2n) is 6.08. The van der Waals surface area contributed by atoms with Crippen molar-refractivity contribution < 1.29 is 4.39 Å². The average molecular weight is 314 g/mol. The van der Waals surface area contributed by atoms with Crippen molar-refractivity contribution in [1.82, 2.24) is 9.97 Å². The summed E-state index contributed by atoms with van der Waals surface area (Å²) < 4.78 is 13.3. The number of piperidine rings is 1. The number of aryl methyl sites for hydroxylation is 1. The van der Waals surface area contributed by atoms with Gasteiger partial charge in [0, 0.05) is 30.0 Å². The number of hydrogen-bond acceptors (Lipinski definition) is 4. The maximum absolute atomic E-state index is 13.3. The van der Waals surface area contributed by atoms with Crippen LogP contribution in [0.4, 0.5) is 21.8 Å². The number of hydrogen-bond donors (Lipinski definition) is 1. The molecule has 0 aliphatic carbocycles. The molecule has 1 atom stereocenters. The number of halogens is 1. The van der Waals surface area contributed by atoms with Crippen molar-refractivity contribution in [1.29, 1.82) is 0 Å². The maximum atomic E-state index is 13.3. The number of benzene rings is 1. The molecule has 5 heteroatoms. The first kappa shape index (κ1) is 15.7. The Bertz CT molecular complexity index is 674. The Kier molecular flexibility index (Phi) is 4.74. The van der Waals surface area contributed by atoms with E-state index in [-0.39, 0.29) is 5.82 Å². The van der Waals surface area contributed by atoms with Crippen LogP contribution in [0.15, 0.2) is 30.3 Å². The van der Waals surface area contributed by atoms with Gasteiger partial charge >= 0.3 is 0 Å². The number of nitrogens with one attached hydrogen (secondary N) is 1. The molecule has 1 aromatic heterocycles. The summed E-state index contributed by atoms with van der Waals surface area (Å²) in [5, 5.41) is 3.18. The fraction of sp³-hybridized carbons (Fsp3) is 0.444. The molecule has 122 valence electrons. The van der Waals surface area contributed by atoms with Crippen LogP contribution in [-0.4, -0.2) is 22.6 Å². The Hall–Kier alpha value is -2.17. The Morgan fingerprint density at radius 3 is 2.91 bits per heavy atom. The molecule has 1 saturated heterocycles. The number of nitrogens with zero attached hydrogens (tertiary/aromatic N) is 3. The molecule has 0 radical (unpaired) electrons. The van der Waals surface area contributed by atoms with Crippen molar-refractivity contribution >= 4 is 17.5 Å². The van der Waals surface area contributed by atoms with E-state index in [1.54, 1.807) is 6.07 Å². The monoisotopic (exact) mass is 314 g/mol. The molecule has 1 aliphatic heterocycles. The van der Waals surface area contributed by atoms with Crippen LogP contribution in [0.25, 0.3) is 0 Å². The molecule has 1 aliphatic rings. The van der Waals surface area contributed by atoms with Gasteiger partial charge in [-0.1, -0.05) is 13.0 Å². The lowest BCUT2D eigenvalue weighted by Gasteiger charge is -2.35. The molecule has 0 spiro atoms. The SMILES string of the molecule is CCC1CCCCN1c1nc(C)cc(Nc2cccc(F)c2)n1. The van der Waals surface area contributed by atoms with Crippen molar-refractivity contribution in [3.05, 3.63) is 41.8 Å². The lowest BCUT2D eigenvalue weighted by molar-refractivity contribution is 0.443. The Labute approximate surface area is 136 Å². The zero-order valence-electron chi connectivity index (χ0n) is 13.7. The fourth-order valence-electron chi connectivity index (χ4n) is 3.15. The van der Waals surface area contributed by atoms with Crippen molar-refractivity contribution in [3.8, 4) is 0 Å². The molecule has 0 saturated carbocycles. The molecule has 23 heavy (non-hydrogen) atoms. The Morgan fingerprint density at radius 1 is 1.26 bits per heavy atom. The molecule has 1 N–H and O–H groups in total. The summed E-state index contributed by atoms with van der Waals surface area (Å²) >= 11 is 0. The first-order valence-electron chi connectivity index (χ1n) is 8.30. The van der Waals surface area contributed by atoms with Gasteiger partial charge in [-0.05, 0) is 50.8 Å². The van der Waals surface area contributed by atoms with Crippen LogP contribution >= 0.6 is 0 Å². The molecule has 2 heterocycles. The lowest BCUT2D eigenvalue weighted by atomic mass is 10.0. The second kappa shape index (κ2) is 6.94. The summed E-state index contributed by atoms with van der Waals surface area (Å²) in [6.07, 6.45) is 4.75. The molecule has 0 amide bonds. The van der Waals surface area contributed by atoms with Crippen LogP contribution in [0.2, 0.25) is 0 Å².